The summed E-state index contributed by atoms with van der Waals surface area (Å²) >= 11 is 0. The Hall–Kier alpha value is -2.40. The number of likely N-dealkylation sites (N-methyl/N-ethyl adjacent to an activating group) is 1. The first-order valence-corrected chi connectivity index (χ1v) is 9.79. The van der Waals surface area contributed by atoms with Crippen molar-refractivity contribution in [3.8, 4) is 0 Å². The van der Waals surface area contributed by atoms with Crippen LogP contribution >= 0.6 is 0 Å². The van der Waals surface area contributed by atoms with Crippen molar-refractivity contribution in [1.82, 2.24) is 0 Å². The van der Waals surface area contributed by atoms with Crippen LogP contribution in [0.5, 0.6) is 0 Å². The second-order valence-electron chi connectivity index (χ2n) is 7.48. The van der Waals surface area contributed by atoms with Gasteiger partial charge in [-0.3, -0.25) is 0 Å². The van der Waals surface area contributed by atoms with E-state index in [1.165, 1.54) is 10.5 Å². The predicted molar refractivity (Wildman–Crippen MR) is 110 cm³/mol. The summed E-state index contributed by atoms with van der Waals surface area (Å²) in [6.45, 7) is 5.65. The Morgan fingerprint density at radius 2 is 1.68 bits per heavy atom. The molecule has 3 atom stereocenters. The van der Waals surface area contributed by atoms with Gasteiger partial charge in [0, 0.05) is 0 Å². The van der Waals surface area contributed by atoms with Gasteiger partial charge in [-0.15, -0.1) is 0 Å². The van der Waals surface area contributed by atoms with E-state index in [0.29, 0.717) is 6.54 Å². The van der Waals surface area contributed by atoms with Gasteiger partial charge in [-0.1, -0.05) is 54.6 Å². The van der Waals surface area contributed by atoms with Crippen LogP contribution in [0, 0.1) is 13.8 Å². The number of rotatable bonds is 9. The van der Waals surface area contributed by atoms with Crippen molar-refractivity contribution < 1.29 is 19.2 Å². The Morgan fingerprint density at radius 1 is 0.964 bits per heavy atom. The number of nitrogens with one attached hydrogen (secondary N) is 1. The third-order valence-corrected chi connectivity index (χ3v) is 4.88. The minimum atomic E-state index is -0.550. The van der Waals surface area contributed by atoms with Crippen molar-refractivity contribution in [1.29, 1.82) is 0 Å². The van der Waals surface area contributed by atoms with Crippen LogP contribution in [0.3, 0.4) is 0 Å². The maximum atomic E-state index is 10.5. The molecule has 1 aromatic heterocycles. The van der Waals surface area contributed by atoms with Gasteiger partial charge in [0.05, 0.1) is 13.7 Å². The van der Waals surface area contributed by atoms with E-state index in [2.05, 4.69) is 38.2 Å². The molecule has 3 rings (SSSR count). The van der Waals surface area contributed by atoms with Crippen molar-refractivity contribution in [2.75, 3.05) is 20.2 Å². The van der Waals surface area contributed by atoms with E-state index in [-0.39, 0.29) is 12.7 Å². The van der Waals surface area contributed by atoms with Crippen LogP contribution in [0.4, 0.5) is 0 Å². The van der Waals surface area contributed by atoms with E-state index in [4.69, 9.17) is 9.15 Å². The zero-order valence-corrected chi connectivity index (χ0v) is 16.9. The number of benzene rings is 2. The van der Waals surface area contributed by atoms with Crippen molar-refractivity contribution in [3.63, 3.8) is 0 Å². The molecular formula is C24H30NO3+. The summed E-state index contributed by atoms with van der Waals surface area (Å²) in [5.74, 6) is 1.85. The molecule has 4 heteroatoms. The number of ether oxygens (including phenoxy) is 1. The fraction of sp³-hybridized carbons (Fsp3) is 0.333. The van der Waals surface area contributed by atoms with Gasteiger partial charge in [0.15, 0.2) is 5.76 Å². The number of hydrogen-bond acceptors (Lipinski definition) is 3. The highest BCUT2D eigenvalue weighted by atomic mass is 16.5. The summed E-state index contributed by atoms with van der Waals surface area (Å²) in [7, 11) is 2.05. The molecule has 148 valence electrons. The summed E-state index contributed by atoms with van der Waals surface area (Å²) in [5, 5.41) is 10.5. The Morgan fingerprint density at radius 3 is 2.36 bits per heavy atom. The first-order chi connectivity index (χ1) is 13.5. The maximum absolute atomic E-state index is 10.5. The maximum Gasteiger partial charge on any atom is 0.158 e. The molecule has 0 amide bonds. The number of aliphatic hydroxyl groups excluding tert-OH is 1. The molecule has 0 aliphatic carbocycles. The molecule has 0 fully saturated rings. The molecule has 0 saturated carbocycles. The van der Waals surface area contributed by atoms with Gasteiger partial charge in [0.25, 0.3) is 0 Å². The predicted octanol–water partition coefficient (Wildman–Crippen LogP) is 3.08. The third-order valence-electron chi connectivity index (χ3n) is 4.88. The number of quaternary nitrogens is 1. The van der Waals surface area contributed by atoms with Gasteiger partial charge < -0.3 is 19.2 Å². The molecule has 1 heterocycles. The normalized spacial score (nSPS) is 14.6. The smallest absolute Gasteiger partial charge is 0.158 e. The lowest BCUT2D eigenvalue weighted by atomic mass is 9.97. The monoisotopic (exact) mass is 380 g/mol. The average molecular weight is 381 g/mol. The minimum Gasteiger partial charge on any atom is -0.460 e. The fourth-order valence-electron chi connectivity index (χ4n) is 3.49. The van der Waals surface area contributed by atoms with Crippen LogP contribution in [0.2, 0.25) is 0 Å². The van der Waals surface area contributed by atoms with E-state index >= 15 is 0 Å². The number of furan rings is 1. The Balaban J connectivity index is 1.62. The molecule has 0 aliphatic heterocycles. The number of hydrogen-bond donors (Lipinski definition) is 2. The van der Waals surface area contributed by atoms with Gasteiger partial charge in [-0.05, 0) is 42.7 Å². The van der Waals surface area contributed by atoms with Crippen LogP contribution in [-0.4, -0.2) is 31.4 Å². The lowest BCUT2D eigenvalue weighted by Gasteiger charge is -2.23. The van der Waals surface area contributed by atoms with Crippen LogP contribution in [0.1, 0.15) is 34.3 Å². The van der Waals surface area contributed by atoms with Crippen molar-refractivity contribution in [2.24, 2.45) is 0 Å². The largest absolute Gasteiger partial charge is 0.460 e. The first-order valence-electron chi connectivity index (χ1n) is 9.79. The number of aliphatic hydroxyl groups is 1. The standard InChI is InChI=1S/C24H29NO3/c1-18-9-7-8-12-23(18)24(20-10-5-4-6-11-20)27-17-21(26)15-25(3)16-22-14-13-19(2)28-22/h4-14,21,24,26H,15-17H2,1-3H3/p+1/t21-,24-/m1/s1. The molecule has 4 nitrogen and oxygen atoms in total. The number of aryl methyl sites for hydroxylation is 2. The molecule has 2 N–H and O–H groups in total. The fourth-order valence-corrected chi connectivity index (χ4v) is 3.49. The van der Waals surface area contributed by atoms with Crippen LogP contribution < -0.4 is 4.90 Å². The topological polar surface area (TPSA) is 47.0 Å². The molecule has 1 unspecified atom stereocenters. The Bertz CT molecular complexity index is 859. The SMILES string of the molecule is Cc1ccc(C[NH+](C)C[C@@H](O)CO[C@H](c2ccccc2)c2ccccc2C)o1. The zero-order chi connectivity index (χ0) is 19.9. The molecule has 0 aliphatic rings. The molecule has 0 spiro atoms. The van der Waals surface area contributed by atoms with Crippen LogP contribution in [0.15, 0.2) is 71.1 Å². The summed E-state index contributed by atoms with van der Waals surface area (Å²) < 4.78 is 11.9. The van der Waals surface area contributed by atoms with Crippen LogP contribution in [-0.2, 0) is 11.3 Å². The molecule has 2 aromatic carbocycles. The van der Waals surface area contributed by atoms with Gasteiger partial charge >= 0.3 is 0 Å². The van der Waals surface area contributed by atoms with Gasteiger partial charge in [-0.25, -0.2) is 0 Å². The second kappa shape index (κ2) is 9.69. The molecular weight excluding hydrogens is 350 g/mol. The summed E-state index contributed by atoms with van der Waals surface area (Å²) in [6.07, 6.45) is -0.739. The molecule has 3 aromatic rings. The quantitative estimate of drug-likeness (QED) is 0.600. The lowest BCUT2D eigenvalue weighted by Crippen LogP contribution is -3.08. The molecule has 28 heavy (non-hydrogen) atoms. The van der Waals surface area contributed by atoms with Crippen molar-refractivity contribution in [2.45, 2.75) is 32.6 Å². The van der Waals surface area contributed by atoms with Gasteiger partial charge in [0.2, 0.25) is 0 Å². The van der Waals surface area contributed by atoms with Crippen LogP contribution in [0.25, 0.3) is 0 Å². The summed E-state index contributed by atoms with van der Waals surface area (Å²) in [6, 6.07) is 22.4. The van der Waals surface area contributed by atoms with Gasteiger partial charge in [0.1, 0.15) is 31.1 Å². The Kier molecular flexibility index (Phi) is 7.04. The average Bonchev–Trinajstić information content (AvgIpc) is 3.08. The Labute approximate surface area is 167 Å². The summed E-state index contributed by atoms with van der Waals surface area (Å²) in [5.41, 5.74) is 3.41. The lowest BCUT2D eigenvalue weighted by molar-refractivity contribution is -0.898. The van der Waals surface area contributed by atoms with E-state index in [0.717, 1.165) is 29.2 Å². The molecule has 0 bridgehead atoms. The second-order valence-corrected chi connectivity index (χ2v) is 7.48. The van der Waals surface area contributed by atoms with E-state index in [1.54, 1.807) is 0 Å². The summed E-state index contributed by atoms with van der Waals surface area (Å²) in [4.78, 5) is 1.18. The highest BCUT2D eigenvalue weighted by Crippen LogP contribution is 2.28. The van der Waals surface area contributed by atoms with E-state index in [1.807, 2.05) is 49.4 Å². The van der Waals surface area contributed by atoms with Crippen molar-refractivity contribution >= 4 is 0 Å². The zero-order valence-electron chi connectivity index (χ0n) is 16.9. The molecule has 0 radical (unpaired) electrons. The van der Waals surface area contributed by atoms with E-state index in [9.17, 15) is 5.11 Å². The third kappa shape index (κ3) is 5.55. The highest BCUT2D eigenvalue weighted by Gasteiger charge is 2.20. The van der Waals surface area contributed by atoms with Gasteiger partial charge in [-0.2, -0.15) is 0 Å². The minimum absolute atomic E-state index is 0.190. The highest BCUT2D eigenvalue weighted by molar-refractivity contribution is 5.35. The van der Waals surface area contributed by atoms with E-state index < -0.39 is 6.10 Å². The molecule has 0 saturated heterocycles. The first kappa shape index (κ1) is 20.3. The van der Waals surface area contributed by atoms with Crippen molar-refractivity contribution in [3.05, 3.63) is 94.9 Å².